The first-order valence-electron chi connectivity index (χ1n) is 6.26. The smallest absolute Gasteiger partial charge is 0.270 e. The zero-order chi connectivity index (χ0) is 13.4. The Morgan fingerprint density at radius 2 is 2.37 bits per heavy atom. The third-order valence-electron chi connectivity index (χ3n) is 3.17. The zero-order valence-electron chi connectivity index (χ0n) is 10.8. The molecule has 1 aliphatic rings. The number of hydrogen-bond acceptors (Lipinski definition) is 5. The van der Waals surface area contributed by atoms with E-state index in [-0.39, 0.29) is 11.9 Å². The van der Waals surface area contributed by atoms with E-state index in [2.05, 4.69) is 20.4 Å². The van der Waals surface area contributed by atoms with Crippen LogP contribution in [0.15, 0.2) is 17.0 Å². The molecule has 0 saturated heterocycles. The molecule has 3 rings (SSSR count). The number of carbonyl (C=O) groups excluding carboxylic acids is 1. The molecule has 2 aromatic rings. The molecule has 19 heavy (non-hydrogen) atoms. The number of nitrogens with zero attached hydrogens (tertiary/aromatic N) is 4. The van der Waals surface area contributed by atoms with Crippen LogP contribution in [0.1, 0.15) is 53.9 Å². The van der Waals surface area contributed by atoms with Gasteiger partial charge >= 0.3 is 0 Å². The molecule has 0 bridgehead atoms. The second kappa shape index (κ2) is 4.49. The molecule has 2 heterocycles. The van der Waals surface area contributed by atoms with Gasteiger partial charge in [-0.15, -0.1) is 0 Å². The van der Waals surface area contributed by atoms with Crippen molar-refractivity contribution in [2.45, 2.75) is 31.7 Å². The van der Waals surface area contributed by atoms with E-state index in [0.717, 1.165) is 18.7 Å². The van der Waals surface area contributed by atoms with Crippen LogP contribution in [0.25, 0.3) is 0 Å². The Balaban J connectivity index is 1.68. The summed E-state index contributed by atoms with van der Waals surface area (Å²) in [7, 11) is 1.77. The van der Waals surface area contributed by atoms with E-state index < -0.39 is 0 Å². The van der Waals surface area contributed by atoms with Crippen LogP contribution in [0.2, 0.25) is 0 Å². The second-order valence-electron chi connectivity index (χ2n) is 4.85. The lowest BCUT2D eigenvalue weighted by Crippen LogP contribution is -2.28. The summed E-state index contributed by atoms with van der Waals surface area (Å²) in [4.78, 5) is 20.2. The van der Waals surface area contributed by atoms with Crippen LogP contribution in [0.4, 0.5) is 0 Å². The number of aryl methyl sites for hydroxylation is 1. The number of imidazole rings is 1. The lowest BCUT2D eigenvalue weighted by molar-refractivity contribution is 0.0924. The highest BCUT2D eigenvalue weighted by Gasteiger charge is 2.30. The van der Waals surface area contributed by atoms with Crippen molar-refractivity contribution in [1.29, 1.82) is 0 Å². The zero-order valence-corrected chi connectivity index (χ0v) is 10.8. The lowest BCUT2D eigenvalue weighted by Gasteiger charge is -2.09. The van der Waals surface area contributed by atoms with Gasteiger partial charge in [-0.1, -0.05) is 5.16 Å². The van der Waals surface area contributed by atoms with E-state index >= 15 is 0 Å². The van der Waals surface area contributed by atoms with Crippen LogP contribution in [0, 0.1) is 0 Å². The minimum atomic E-state index is -0.317. The van der Waals surface area contributed by atoms with Crippen molar-refractivity contribution >= 4 is 5.91 Å². The van der Waals surface area contributed by atoms with E-state index in [1.165, 1.54) is 6.20 Å². The average Bonchev–Trinajstić information content (AvgIpc) is 2.95. The van der Waals surface area contributed by atoms with Crippen molar-refractivity contribution in [3.05, 3.63) is 29.9 Å². The first-order chi connectivity index (χ1) is 9.15. The first kappa shape index (κ1) is 11.9. The molecule has 7 heteroatoms. The van der Waals surface area contributed by atoms with Crippen molar-refractivity contribution in [2.75, 3.05) is 0 Å². The topological polar surface area (TPSA) is 85.8 Å². The van der Waals surface area contributed by atoms with Crippen LogP contribution < -0.4 is 5.32 Å². The highest BCUT2D eigenvalue weighted by atomic mass is 16.5. The van der Waals surface area contributed by atoms with Crippen LogP contribution in [0.3, 0.4) is 0 Å². The molecule has 1 aliphatic carbocycles. The Kier molecular flexibility index (Phi) is 2.81. The molecule has 1 saturated carbocycles. The number of nitrogens with one attached hydrogen (secondary N) is 1. The van der Waals surface area contributed by atoms with Gasteiger partial charge in [-0.25, -0.2) is 4.98 Å². The summed E-state index contributed by atoms with van der Waals surface area (Å²) in [6, 6.07) is -0.317. The van der Waals surface area contributed by atoms with Crippen molar-refractivity contribution in [3.63, 3.8) is 0 Å². The number of aromatic nitrogens is 4. The van der Waals surface area contributed by atoms with Gasteiger partial charge in [-0.2, -0.15) is 4.98 Å². The van der Waals surface area contributed by atoms with Gasteiger partial charge in [0.05, 0.1) is 12.5 Å². The fraction of sp³-hybridized carbons (Fsp3) is 0.500. The van der Waals surface area contributed by atoms with Gasteiger partial charge in [-0.3, -0.25) is 4.79 Å². The second-order valence-corrected chi connectivity index (χ2v) is 4.85. The van der Waals surface area contributed by atoms with Crippen LogP contribution >= 0.6 is 0 Å². The Labute approximate surface area is 110 Å². The molecule has 1 fully saturated rings. The van der Waals surface area contributed by atoms with Gasteiger partial charge in [0.1, 0.15) is 11.7 Å². The number of rotatable bonds is 4. The van der Waals surface area contributed by atoms with Gasteiger partial charge in [0.15, 0.2) is 5.82 Å². The van der Waals surface area contributed by atoms with Crippen molar-refractivity contribution < 1.29 is 9.32 Å². The van der Waals surface area contributed by atoms with E-state index in [1.54, 1.807) is 17.9 Å². The minimum absolute atomic E-state index is 0.210. The Morgan fingerprint density at radius 1 is 1.58 bits per heavy atom. The molecule has 7 nitrogen and oxygen atoms in total. The predicted octanol–water partition coefficient (Wildman–Crippen LogP) is 1.17. The molecule has 2 aromatic heterocycles. The summed E-state index contributed by atoms with van der Waals surface area (Å²) >= 11 is 0. The third-order valence-corrected chi connectivity index (χ3v) is 3.17. The molecule has 0 spiro atoms. The molecule has 1 N–H and O–H groups in total. The van der Waals surface area contributed by atoms with Crippen LogP contribution in [-0.4, -0.2) is 25.6 Å². The first-order valence-corrected chi connectivity index (χ1v) is 6.26. The molecule has 0 radical (unpaired) electrons. The number of carbonyl (C=O) groups is 1. The maximum absolute atomic E-state index is 12.0. The standard InChI is InChI=1S/C12H15N5O2/c1-7(12-15-10(16-19-12)8-3-4-8)14-11(18)9-5-13-6-17(9)2/h5-8H,3-4H2,1-2H3,(H,14,18). The summed E-state index contributed by atoms with van der Waals surface area (Å²) in [5.41, 5.74) is 0.494. The molecule has 1 amide bonds. The largest absolute Gasteiger partial charge is 0.339 e. The van der Waals surface area contributed by atoms with Crippen LogP contribution in [-0.2, 0) is 7.05 Å². The molecular weight excluding hydrogens is 246 g/mol. The van der Waals surface area contributed by atoms with Crippen molar-refractivity contribution in [1.82, 2.24) is 25.0 Å². The monoisotopic (exact) mass is 261 g/mol. The third kappa shape index (κ3) is 2.35. The highest BCUT2D eigenvalue weighted by Crippen LogP contribution is 2.38. The van der Waals surface area contributed by atoms with Crippen molar-refractivity contribution in [3.8, 4) is 0 Å². The average molecular weight is 261 g/mol. The summed E-state index contributed by atoms with van der Waals surface area (Å²) < 4.78 is 6.84. The summed E-state index contributed by atoms with van der Waals surface area (Å²) in [5.74, 6) is 1.42. The number of hydrogen-bond donors (Lipinski definition) is 1. The Hall–Kier alpha value is -2.18. The minimum Gasteiger partial charge on any atom is -0.339 e. The van der Waals surface area contributed by atoms with Gasteiger partial charge in [0.25, 0.3) is 5.91 Å². The highest BCUT2D eigenvalue weighted by molar-refractivity contribution is 5.92. The predicted molar refractivity (Wildman–Crippen MR) is 65.4 cm³/mol. The normalized spacial score (nSPS) is 16.3. The summed E-state index contributed by atoms with van der Waals surface area (Å²) in [6.07, 6.45) is 5.34. The maximum atomic E-state index is 12.0. The number of amides is 1. The van der Waals surface area contributed by atoms with E-state index in [4.69, 9.17) is 4.52 Å². The molecular formula is C12H15N5O2. The molecule has 1 unspecified atom stereocenters. The van der Waals surface area contributed by atoms with Gasteiger partial charge < -0.3 is 14.4 Å². The van der Waals surface area contributed by atoms with E-state index in [0.29, 0.717) is 17.5 Å². The maximum Gasteiger partial charge on any atom is 0.270 e. The quantitative estimate of drug-likeness (QED) is 0.892. The summed E-state index contributed by atoms with van der Waals surface area (Å²) in [5, 5.41) is 6.75. The van der Waals surface area contributed by atoms with Gasteiger partial charge in [0.2, 0.25) is 5.89 Å². The fourth-order valence-corrected chi connectivity index (χ4v) is 1.84. The van der Waals surface area contributed by atoms with Gasteiger partial charge in [-0.05, 0) is 19.8 Å². The fourth-order valence-electron chi connectivity index (χ4n) is 1.84. The summed E-state index contributed by atoms with van der Waals surface area (Å²) in [6.45, 7) is 1.82. The Bertz CT molecular complexity index is 599. The molecule has 100 valence electrons. The Morgan fingerprint density at radius 3 is 3.00 bits per heavy atom. The van der Waals surface area contributed by atoms with Crippen molar-refractivity contribution in [2.24, 2.45) is 7.05 Å². The van der Waals surface area contributed by atoms with E-state index in [9.17, 15) is 4.79 Å². The van der Waals surface area contributed by atoms with Gasteiger partial charge in [0, 0.05) is 13.0 Å². The lowest BCUT2D eigenvalue weighted by atomic mass is 10.3. The molecule has 1 atom stereocenters. The molecule has 0 aliphatic heterocycles. The van der Waals surface area contributed by atoms with E-state index in [1.807, 2.05) is 6.92 Å². The van der Waals surface area contributed by atoms with Crippen LogP contribution in [0.5, 0.6) is 0 Å². The molecule has 0 aromatic carbocycles. The SMILES string of the molecule is CC(NC(=O)c1cncn1C)c1nc(C2CC2)no1.